The van der Waals surface area contributed by atoms with Crippen molar-refractivity contribution in [3.63, 3.8) is 0 Å². The van der Waals surface area contributed by atoms with E-state index in [9.17, 15) is 4.79 Å². The van der Waals surface area contributed by atoms with Gasteiger partial charge in [0.25, 0.3) is 0 Å². The van der Waals surface area contributed by atoms with Gasteiger partial charge in [0.05, 0.1) is 17.8 Å². The van der Waals surface area contributed by atoms with Crippen molar-refractivity contribution in [3.8, 4) is 0 Å². The van der Waals surface area contributed by atoms with E-state index in [2.05, 4.69) is 43.8 Å². The molecular formula is C14H25N3O2. The van der Waals surface area contributed by atoms with E-state index in [1.54, 1.807) is 0 Å². The van der Waals surface area contributed by atoms with Gasteiger partial charge in [-0.05, 0) is 33.3 Å². The van der Waals surface area contributed by atoms with E-state index in [4.69, 9.17) is 5.11 Å². The van der Waals surface area contributed by atoms with Crippen LogP contribution in [0, 0.1) is 0 Å². The van der Waals surface area contributed by atoms with Gasteiger partial charge in [0, 0.05) is 25.7 Å². The van der Waals surface area contributed by atoms with E-state index < -0.39 is 5.97 Å². The Labute approximate surface area is 115 Å². The van der Waals surface area contributed by atoms with Crippen LogP contribution in [0.25, 0.3) is 0 Å². The number of aromatic nitrogens is 2. The molecule has 0 fully saturated rings. The molecule has 0 amide bonds. The van der Waals surface area contributed by atoms with Gasteiger partial charge in [-0.15, -0.1) is 0 Å². The van der Waals surface area contributed by atoms with Crippen molar-refractivity contribution in [2.45, 2.75) is 52.6 Å². The second-order valence-corrected chi connectivity index (χ2v) is 5.84. The van der Waals surface area contributed by atoms with Crippen LogP contribution in [0.15, 0.2) is 6.07 Å². The van der Waals surface area contributed by atoms with Crippen molar-refractivity contribution in [1.82, 2.24) is 14.7 Å². The molecular weight excluding hydrogens is 242 g/mol. The molecule has 0 radical (unpaired) electrons. The van der Waals surface area contributed by atoms with Gasteiger partial charge in [-0.3, -0.25) is 14.4 Å². The molecule has 108 valence electrons. The number of rotatable bonds is 6. The summed E-state index contributed by atoms with van der Waals surface area (Å²) in [5, 5.41) is 13.3. The van der Waals surface area contributed by atoms with E-state index in [-0.39, 0.29) is 12.0 Å². The second kappa shape index (κ2) is 6.19. The smallest absolute Gasteiger partial charge is 0.304 e. The summed E-state index contributed by atoms with van der Waals surface area (Å²) in [7, 11) is 1.94. The van der Waals surface area contributed by atoms with E-state index >= 15 is 0 Å². The number of carboxylic acid groups (broad SMARTS) is 1. The number of hydrogen-bond acceptors (Lipinski definition) is 3. The lowest BCUT2D eigenvalue weighted by Crippen LogP contribution is -2.42. The minimum absolute atomic E-state index is 0.0634. The van der Waals surface area contributed by atoms with Crippen molar-refractivity contribution in [2.75, 3.05) is 6.54 Å². The highest BCUT2D eigenvalue weighted by Gasteiger charge is 2.23. The molecule has 1 rings (SSSR count). The Morgan fingerprint density at radius 1 is 1.47 bits per heavy atom. The summed E-state index contributed by atoms with van der Waals surface area (Å²) in [6.45, 7) is 9.66. The van der Waals surface area contributed by atoms with E-state index in [1.807, 2.05) is 11.7 Å². The largest absolute Gasteiger partial charge is 0.481 e. The third-order valence-electron chi connectivity index (χ3n) is 3.29. The zero-order chi connectivity index (χ0) is 14.6. The highest BCUT2D eigenvalue weighted by molar-refractivity contribution is 5.66. The fraction of sp³-hybridized carbons (Fsp3) is 0.714. The molecule has 1 aromatic heterocycles. The SMILES string of the molecule is CCc1cc(CN(CCC(=O)O)C(C)(C)C)n(C)n1. The van der Waals surface area contributed by atoms with Gasteiger partial charge < -0.3 is 5.11 Å². The number of carbonyl (C=O) groups is 1. The Kier molecular flexibility index (Phi) is 5.11. The van der Waals surface area contributed by atoms with E-state index in [0.29, 0.717) is 6.54 Å². The van der Waals surface area contributed by atoms with Gasteiger partial charge >= 0.3 is 5.97 Å². The molecule has 1 N–H and O–H groups in total. The molecule has 0 spiro atoms. The molecule has 0 bridgehead atoms. The number of aryl methyl sites for hydroxylation is 2. The topological polar surface area (TPSA) is 58.4 Å². The van der Waals surface area contributed by atoms with Crippen LogP contribution < -0.4 is 0 Å². The van der Waals surface area contributed by atoms with Gasteiger partial charge in [-0.25, -0.2) is 0 Å². The first-order valence-electron chi connectivity index (χ1n) is 6.72. The Balaban J connectivity index is 2.81. The van der Waals surface area contributed by atoms with Crippen molar-refractivity contribution < 1.29 is 9.90 Å². The predicted octanol–water partition coefficient (Wildman–Crippen LogP) is 2.06. The first-order chi connectivity index (χ1) is 8.74. The van der Waals surface area contributed by atoms with Crippen LogP contribution >= 0.6 is 0 Å². The zero-order valence-electron chi connectivity index (χ0n) is 12.6. The summed E-state index contributed by atoms with van der Waals surface area (Å²) in [5.74, 6) is -0.756. The molecule has 1 heterocycles. The highest BCUT2D eigenvalue weighted by Crippen LogP contribution is 2.18. The normalized spacial score (nSPS) is 12.1. The van der Waals surface area contributed by atoms with Crippen LogP contribution in [0.1, 0.15) is 45.5 Å². The van der Waals surface area contributed by atoms with Gasteiger partial charge in [0.1, 0.15) is 0 Å². The average molecular weight is 267 g/mol. The van der Waals surface area contributed by atoms with Gasteiger partial charge in [0.2, 0.25) is 0 Å². The molecule has 0 saturated carbocycles. The monoisotopic (exact) mass is 267 g/mol. The lowest BCUT2D eigenvalue weighted by molar-refractivity contribution is -0.137. The maximum Gasteiger partial charge on any atom is 0.304 e. The quantitative estimate of drug-likeness (QED) is 0.857. The zero-order valence-corrected chi connectivity index (χ0v) is 12.6. The number of nitrogens with zero attached hydrogens (tertiary/aromatic N) is 3. The van der Waals surface area contributed by atoms with Crippen LogP contribution in [0.3, 0.4) is 0 Å². The third kappa shape index (κ3) is 4.67. The van der Waals surface area contributed by atoms with Crippen molar-refractivity contribution >= 4 is 5.97 Å². The predicted molar refractivity (Wildman–Crippen MR) is 75.0 cm³/mol. The minimum Gasteiger partial charge on any atom is -0.481 e. The Morgan fingerprint density at radius 3 is 2.53 bits per heavy atom. The van der Waals surface area contributed by atoms with Crippen molar-refractivity contribution in [3.05, 3.63) is 17.5 Å². The van der Waals surface area contributed by atoms with Crippen LogP contribution in [0.5, 0.6) is 0 Å². The lowest BCUT2D eigenvalue weighted by atomic mass is 10.1. The molecule has 0 unspecified atom stereocenters. The average Bonchev–Trinajstić information content (AvgIpc) is 2.63. The Bertz CT molecular complexity index is 432. The van der Waals surface area contributed by atoms with E-state index in [0.717, 1.165) is 24.4 Å². The number of hydrogen-bond donors (Lipinski definition) is 1. The summed E-state index contributed by atoms with van der Waals surface area (Å²) in [5.41, 5.74) is 2.13. The Morgan fingerprint density at radius 2 is 2.11 bits per heavy atom. The standard InChI is InChI=1S/C14H25N3O2/c1-6-11-9-12(16(5)15-11)10-17(14(2,3)4)8-7-13(18)19/h9H,6-8,10H2,1-5H3,(H,18,19). The maximum atomic E-state index is 10.8. The molecule has 0 aliphatic heterocycles. The summed E-state index contributed by atoms with van der Waals surface area (Å²) < 4.78 is 1.89. The lowest BCUT2D eigenvalue weighted by Gasteiger charge is -2.35. The molecule has 1 aromatic rings. The van der Waals surface area contributed by atoms with Crippen LogP contribution in [-0.2, 0) is 24.8 Å². The third-order valence-corrected chi connectivity index (χ3v) is 3.29. The highest BCUT2D eigenvalue weighted by atomic mass is 16.4. The number of aliphatic carboxylic acids is 1. The second-order valence-electron chi connectivity index (χ2n) is 5.84. The van der Waals surface area contributed by atoms with Crippen molar-refractivity contribution in [2.24, 2.45) is 7.05 Å². The van der Waals surface area contributed by atoms with Crippen molar-refractivity contribution in [1.29, 1.82) is 0 Å². The first kappa shape index (κ1) is 15.7. The van der Waals surface area contributed by atoms with Crippen LogP contribution in [-0.4, -0.2) is 37.8 Å². The first-order valence-corrected chi connectivity index (χ1v) is 6.72. The van der Waals surface area contributed by atoms with Crippen LogP contribution in [0.2, 0.25) is 0 Å². The molecule has 0 aliphatic rings. The minimum atomic E-state index is -0.756. The molecule has 5 heteroatoms. The fourth-order valence-electron chi connectivity index (χ4n) is 1.97. The molecule has 0 aliphatic carbocycles. The summed E-state index contributed by atoms with van der Waals surface area (Å²) in [6.07, 6.45) is 1.08. The summed E-state index contributed by atoms with van der Waals surface area (Å²) in [6, 6.07) is 2.10. The van der Waals surface area contributed by atoms with Crippen LogP contribution in [0.4, 0.5) is 0 Å². The Hall–Kier alpha value is -1.36. The fourth-order valence-corrected chi connectivity index (χ4v) is 1.97. The molecule has 0 aromatic carbocycles. The molecule has 0 saturated heterocycles. The van der Waals surface area contributed by atoms with E-state index in [1.165, 1.54) is 0 Å². The summed E-state index contributed by atoms with van der Waals surface area (Å²) >= 11 is 0. The molecule has 5 nitrogen and oxygen atoms in total. The van der Waals surface area contributed by atoms with Gasteiger partial charge in [-0.1, -0.05) is 6.92 Å². The number of carboxylic acids is 1. The maximum absolute atomic E-state index is 10.8. The van der Waals surface area contributed by atoms with Gasteiger partial charge in [0.15, 0.2) is 0 Å². The molecule has 19 heavy (non-hydrogen) atoms. The summed E-state index contributed by atoms with van der Waals surface area (Å²) in [4.78, 5) is 12.9. The molecule has 0 atom stereocenters. The van der Waals surface area contributed by atoms with Gasteiger partial charge in [-0.2, -0.15) is 5.10 Å².